The van der Waals surface area contributed by atoms with Crippen LogP contribution < -0.4 is 16.0 Å². The Morgan fingerprint density at radius 3 is 1.80 bits per heavy atom. The van der Waals surface area contributed by atoms with E-state index < -0.39 is 52.9 Å². The molecule has 3 N–H and O–H groups in total. The summed E-state index contributed by atoms with van der Waals surface area (Å²) in [5.74, 6) is -2.14. The zero-order valence-corrected chi connectivity index (χ0v) is 31.5. The van der Waals surface area contributed by atoms with Gasteiger partial charge in [-0.05, 0) is 71.1 Å². The van der Waals surface area contributed by atoms with Crippen LogP contribution in [0, 0.1) is 11.8 Å². The molecule has 13 nitrogen and oxygen atoms in total. The van der Waals surface area contributed by atoms with Crippen molar-refractivity contribution in [2.45, 2.75) is 151 Å². The predicted molar refractivity (Wildman–Crippen MR) is 190 cm³/mol. The number of alkyl halides is 1. The van der Waals surface area contributed by atoms with Crippen molar-refractivity contribution >= 4 is 35.1 Å². The largest absolute Gasteiger partial charge is 0.380 e. The van der Waals surface area contributed by atoms with Crippen molar-refractivity contribution in [3.05, 3.63) is 0 Å². The first kappa shape index (κ1) is 39.0. The van der Waals surface area contributed by atoms with Gasteiger partial charge >= 0.3 is 0 Å². The summed E-state index contributed by atoms with van der Waals surface area (Å²) in [6.45, 7) is 9.33. The van der Waals surface area contributed by atoms with Crippen LogP contribution in [0.1, 0.15) is 104 Å². The van der Waals surface area contributed by atoms with Crippen LogP contribution in [0.15, 0.2) is 10.2 Å². The number of carbonyl (C=O) groups is 4. The molecule has 3 amide bonds. The van der Waals surface area contributed by atoms with Gasteiger partial charge < -0.3 is 25.4 Å². The van der Waals surface area contributed by atoms with Gasteiger partial charge in [-0.15, -0.1) is 11.6 Å². The third-order valence-corrected chi connectivity index (χ3v) is 12.6. The Labute approximate surface area is 302 Å². The molecule has 3 heterocycles. The number of rotatable bonds is 13. The average molecular weight is 722 g/mol. The fraction of sp³-hybridized carbons (Fsp3) is 0.889. The predicted octanol–water partition coefficient (Wildman–Crippen LogP) is 3.53. The van der Waals surface area contributed by atoms with Crippen molar-refractivity contribution in [2.75, 3.05) is 40.4 Å². The van der Waals surface area contributed by atoms with Crippen molar-refractivity contribution < 1.29 is 28.7 Å². The number of hydrogen-bond donors (Lipinski definition) is 3. The van der Waals surface area contributed by atoms with Gasteiger partial charge in [0.15, 0.2) is 5.78 Å². The van der Waals surface area contributed by atoms with Crippen LogP contribution >= 0.6 is 11.6 Å². The molecule has 2 aliphatic carbocycles. The second-order valence-electron chi connectivity index (χ2n) is 15.2. The summed E-state index contributed by atoms with van der Waals surface area (Å²) in [7, 11) is 3.09. The number of ether oxygens (including phenoxy) is 2. The first-order valence-electron chi connectivity index (χ1n) is 19.1. The number of carbonyl (C=O) groups excluding carboxylic acids is 4. The Morgan fingerprint density at radius 2 is 1.38 bits per heavy atom. The SMILES string of the molecule is CCC(NC(=O)C1CC(N=NC2(C(C)=O)C(=O)NC23CC(OC)C(Cl)CC3OC)CC(C(=O)NC(CC)N2CCCCC2)C1)N1CCCCC1. The molecule has 50 heavy (non-hydrogen) atoms. The van der Waals surface area contributed by atoms with Crippen molar-refractivity contribution in [1.82, 2.24) is 25.8 Å². The number of piperidine rings is 2. The number of nitrogens with zero attached hydrogens (tertiary/aromatic N) is 4. The zero-order chi connectivity index (χ0) is 36.1. The third kappa shape index (κ3) is 7.77. The molecule has 0 bridgehead atoms. The lowest BCUT2D eigenvalue weighted by Crippen LogP contribution is -2.88. The number of hydrogen-bond acceptors (Lipinski definition) is 10. The standard InChI is InChI=1S/C36H60ClN7O6/c1-6-30(43-14-10-8-11-15-43)38-32(46)24-18-25(33(47)39-31(7-2)44-16-12-9-13-17-44)20-26(19-24)41-42-36(23(3)45)34(48)40-35(36)22-28(49-4)27(37)21-29(35)50-5/h24-31H,6-22H2,1-5H3,(H,38,46)(H,39,47)(H,40,48). The van der Waals surface area contributed by atoms with E-state index in [1.54, 1.807) is 7.11 Å². The molecule has 282 valence electrons. The van der Waals surface area contributed by atoms with Crippen LogP contribution in [0.2, 0.25) is 0 Å². The monoisotopic (exact) mass is 721 g/mol. The van der Waals surface area contributed by atoms with E-state index in [-0.39, 0.29) is 35.9 Å². The highest BCUT2D eigenvalue weighted by molar-refractivity contribution is 6.21. The summed E-state index contributed by atoms with van der Waals surface area (Å²) in [5, 5.41) is 18.5. The van der Waals surface area contributed by atoms with E-state index in [0.717, 1.165) is 64.7 Å². The molecule has 0 radical (unpaired) electrons. The van der Waals surface area contributed by atoms with E-state index in [9.17, 15) is 19.2 Å². The van der Waals surface area contributed by atoms with Crippen molar-refractivity contribution in [2.24, 2.45) is 22.1 Å². The number of nitrogens with one attached hydrogen (secondary N) is 3. The van der Waals surface area contributed by atoms with Gasteiger partial charge in [0.2, 0.25) is 17.4 Å². The Hall–Kier alpha value is -2.19. The first-order valence-corrected chi connectivity index (χ1v) is 19.5. The van der Waals surface area contributed by atoms with E-state index in [1.807, 2.05) is 0 Å². The quantitative estimate of drug-likeness (QED) is 0.113. The molecule has 5 fully saturated rings. The maximum Gasteiger partial charge on any atom is 0.260 e. The Kier molecular flexibility index (Phi) is 13.3. The number of halogens is 1. The highest BCUT2D eigenvalue weighted by Gasteiger charge is 2.75. The molecule has 5 rings (SSSR count). The van der Waals surface area contributed by atoms with E-state index in [2.05, 4.69) is 44.7 Å². The lowest BCUT2D eigenvalue weighted by Gasteiger charge is -2.60. The van der Waals surface area contributed by atoms with Gasteiger partial charge in [-0.1, -0.05) is 26.7 Å². The van der Waals surface area contributed by atoms with E-state index in [4.69, 9.17) is 26.2 Å². The summed E-state index contributed by atoms with van der Waals surface area (Å²) in [4.78, 5) is 59.7. The van der Waals surface area contributed by atoms with Gasteiger partial charge in [0, 0.05) is 58.7 Å². The van der Waals surface area contributed by atoms with Gasteiger partial charge in [-0.25, -0.2) is 0 Å². The van der Waals surface area contributed by atoms with E-state index in [1.165, 1.54) is 26.9 Å². The van der Waals surface area contributed by atoms with Crippen molar-refractivity contribution in [3.63, 3.8) is 0 Å². The highest BCUT2D eigenvalue weighted by atomic mass is 35.5. The number of β-lactam (4-membered cyclic amide) rings is 1. The van der Waals surface area contributed by atoms with Gasteiger partial charge in [-0.2, -0.15) is 10.2 Å². The Bertz CT molecular complexity index is 1190. The molecule has 3 saturated heterocycles. The fourth-order valence-corrected chi connectivity index (χ4v) is 9.64. The Balaban J connectivity index is 1.41. The molecule has 1 spiro atoms. The maximum atomic E-state index is 14.0. The molecule has 2 saturated carbocycles. The van der Waals surface area contributed by atoms with Crippen LogP contribution in [0.4, 0.5) is 0 Å². The van der Waals surface area contributed by atoms with Crippen molar-refractivity contribution in [1.29, 1.82) is 0 Å². The summed E-state index contributed by atoms with van der Waals surface area (Å²) >= 11 is 6.62. The Morgan fingerprint density at radius 1 is 0.860 bits per heavy atom. The van der Waals surface area contributed by atoms with Gasteiger partial charge in [0.05, 0.1) is 36.0 Å². The fourth-order valence-electron chi connectivity index (χ4n) is 9.28. The minimum absolute atomic E-state index is 0.0723. The normalized spacial score (nSPS) is 36.7. The topological polar surface area (TPSA) is 154 Å². The van der Waals surface area contributed by atoms with E-state index >= 15 is 0 Å². The number of ketones is 1. The summed E-state index contributed by atoms with van der Waals surface area (Å²) in [6.07, 6.45) is 8.95. The third-order valence-electron chi connectivity index (χ3n) is 12.2. The summed E-state index contributed by atoms with van der Waals surface area (Å²) in [5.41, 5.74) is -3.02. The van der Waals surface area contributed by atoms with Crippen LogP contribution in [0.5, 0.6) is 0 Å². The van der Waals surface area contributed by atoms with Crippen LogP contribution in [-0.4, -0.2) is 121 Å². The number of amides is 3. The smallest absolute Gasteiger partial charge is 0.260 e. The van der Waals surface area contributed by atoms with Crippen LogP contribution in [0.25, 0.3) is 0 Å². The summed E-state index contributed by atoms with van der Waals surface area (Å²) < 4.78 is 11.5. The van der Waals surface area contributed by atoms with Gasteiger partial charge in [0.1, 0.15) is 5.54 Å². The molecule has 5 aliphatic rings. The molecule has 9 atom stereocenters. The van der Waals surface area contributed by atoms with Gasteiger partial charge in [-0.3, -0.25) is 29.0 Å². The maximum absolute atomic E-state index is 14.0. The lowest BCUT2D eigenvalue weighted by atomic mass is 9.58. The molecule has 9 unspecified atom stereocenters. The summed E-state index contributed by atoms with van der Waals surface area (Å²) in [6, 6.07) is -0.550. The number of likely N-dealkylation sites (tertiary alicyclic amines) is 2. The zero-order valence-electron chi connectivity index (χ0n) is 30.8. The molecule has 0 aromatic rings. The first-order chi connectivity index (χ1) is 24.0. The van der Waals surface area contributed by atoms with Gasteiger partial charge in [0.25, 0.3) is 5.91 Å². The number of Topliss-reactive ketones (excluding diaryl/α,β-unsaturated/α-hetero) is 1. The lowest BCUT2D eigenvalue weighted by molar-refractivity contribution is -0.173. The minimum atomic E-state index is -1.84. The second-order valence-corrected chi connectivity index (χ2v) is 15.7. The molecule has 0 aromatic carbocycles. The van der Waals surface area contributed by atoms with E-state index in [0.29, 0.717) is 25.7 Å². The van der Waals surface area contributed by atoms with Crippen LogP contribution in [-0.2, 0) is 28.7 Å². The average Bonchev–Trinajstić information content (AvgIpc) is 3.13. The van der Waals surface area contributed by atoms with Crippen LogP contribution in [0.3, 0.4) is 0 Å². The molecular weight excluding hydrogens is 662 g/mol. The highest BCUT2D eigenvalue weighted by Crippen LogP contribution is 2.50. The number of azo groups is 1. The molecule has 0 aromatic heterocycles. The molecule has 3 aliphatic heterocycles. The number of methoxy groups -OCH3 is 2. The molecule has 14 heteroatoms. The minimum Gasteiger partial charge on any atom is -0.380 e. The van der Waals surface area contributed by atoms with Crippen molar-refractivity contribution in [3.8, 4) is 0 Å². The second kappa shape index (κ2) is 17.1. The molecular formula is C36H60ClN7O6.